The van der Waals surface area contributed by atoms with Gasteiger partial charge in [-0.25, -0.2) is 0 Å². The fourth-order valence-corrected chi connectivity index (χ4v) is 2.42. The monoisotopic (exact) mass is 284 g/mol. The summed E-state index contributed by atoms with van der Waals surface area (Å²) in [4.78, 5) is 12.2. The first-order valence-electron chi connectivity index (χ1n) is 6.36. The Balaban J connectivity index is 1.75. The minimum atomic E-state index is -3.66. The van der Waals surface area contributed by atoms with Gasteiger partial charge in [0.1, 0.15) is 0 Å². The summed E-state index contributed by atoms with van der Waals surface area (Å²) in [7, 11) is 0. The Bertz CT molecular complexity index is 553. The fraction of sp³-hybridized carbons (Fsp3) is 0.462. The average Bonchev–Trinajstić information content (AvgIpc) is 2.61. The maximum absolute atomic E-state index is 12.9. The molecule has 1 saturated carbocycles. The molecular weight excluding hydrogens is 270 g/mol. The van der Waals surface area contributed by atoms with Gasteiger partial charge in [0.05, 0.1) is 5.41 Å². The highest BCUT2D eigenvalue weighted by molar-refractivity contribution is 5.96. The van der Waals surface area contributed by atoms with E-state index >= 15 is 0 Å². The largest absolute Gasteiger partial charge is 0.586 e. The molecule has 1 heterocycles. The Morgan fingerprint density at radius 1 is 1.30 bits per heavy atom. The molecule has 1 aliphatic carbocycles. The van der Waals surface area contributed by atoms with Crippen LogP contribution in [0.2, 0.25) is 0 Å². The number of rotatable bonds is 3. The van der Waals surface area contributed by atoms with Crippen LogP contribution >= 0.6 is 0 Å². The number of carbonyl (C=O) groups is 1. The molecular formula is C13H14F2N2O3. The number of nitrogens with two attached hydrogens (primary N) is 1. The Kier molecular flexibility index (Phi) is 2.82. The predicted molar refractivity (Wildman–Crippen MR) is 66.6 cm³/mol. The van der Waals surface area contributed by atoms with Crippen molar-refractivity contribution >= 4 is 11.6 Å². The molecule has 2 aliphatic rings. The Labute approximate surface area is 114 Å². The fourth-order valence-electron chi connectivity index (χ4n) is 2.42. The van der Waals surface area contributed by atoms with Crippen molar-refractivity contribution in [1.82, 2.24) is 0 Å². The predicted octanol–water partition coefficient (Wildman–Crippen LogP) is 2.08. The van der Waals surface area contributed by atoms with E-state index < -0.39 is 11.7 Å². The number of carbonyl (C=O) groups excluding carboxylic acids is 1. The van der Waals surface area contributed by atoms with E-state index in [0.29, 0.717) is 5.69 Å². The third-order valence-corrected chi connectivity index (χ3v) is 3.84. The molecule has 1 aliphatic heterocycles. The summed E-state index contributed by atoms with van der Waals surface area (Å²) in [5.74, 6) is -0.328. The first kappa shape index (κ1) is 13.1. The number of nitrogens with one attached hydrogen (secondary N) is 1. The molecule has 0 unspecified atom stereocenters. The zero-order valence-corrected chi connectivity index (χ0v) is 10.6. The van der Waals surface area contributed by atoms with Gasteiger partial charge >= 0.3 is 6.29 Å². The molecule has 0 spiro atoms. The van der Waals surface area contributed by atoms with Crippen molar-refractivity contribution in [2.75, 3.05) is 11.9 Å². The Morgan fingerprint density at radius 2 is 2.00 bits per heavy atom. The van der Waals surface area contributed by atoms with Gasteiger partial charge in [-0.15, -0.1) is 8.78 Å². The second kappa shape index (κ2) is 4.31. The van der Waals surface area contributed by atoms with Crippen LogP contribution in [0.1, 0.15) is 19.3 Å². The molecule has 7 heteroatoms. The number of hydrogen-bond donors (Lipinski definition) is 2. The first-order valence-corrected chi connectivity index (χ1v) is 6.36. The number of hydrogen-bond acceptors (Lipinski definition) is 4. The Morgan fingerprint density at radius 3 is 2.60 bits per heavy atom. The van der Waals surface area contributed by atoms with Gasteiger partial charge in [0.25, 0.3) is 0 Å². The van der Waals surface area contributed by atoms with E-state index in [9.17, 15) is 13.6 Å². The quantitative estimate of drug-likeness (QED) is 0.891. The van der Waals surface area contributed by atoms with Crippen molar-refractivity contribution in [2.24, 2.45) is 11.1 Å². The smallest absolute Gasteiger partial charge is 0.395 e. The number of amides is 1. The van der Waals surface area contributed by atoms with Gasteiger partial charge in [0, 0.05) is 18.3 Å². The average molecular weight is 284 g/mol. The summed E-state index contributed by atoms with van der Waals surface area (Å²) < 4.78 is 34.4. The van der Waals surface area contributed by atoms with Crippen molar-refractivity contribution in [2.45, 2.75) is 25.6 Å². The lowest BCUT2D eigenvalue weighted by Crippen LogP contribution is -2.47. The summed E-state index contributed by atoms with van der Waals surface area (Å²) in [6.45, 7) is 0.279. The zero-order chi connectivity index (χ0) is 14.4. The summed E-state index contributed by atoms with van der Waals surface area (Å²) in [6.07, 6.45) is -1.19. The van der Waals surface area contributed by atoms with Gasteiger partial charge in [-0.3, -0.25) is 4.79 Å². The van der Waals surface area contributed by atoms with E-state index in [4.69, 9.17) is 5.73 Å². The van der Waals surface area contributed by atoms with Crippen LogP contribution in [0.15, 0.2) is 18.2 Å². The number of ether oxygens (including phenoxy) is 2. The van der Waals surface area contributed by atoms with Gasteiger partial charge in [-0.05, 0) is 25.0 Å². The second-order valence-electron chi connectivity index (χ2n) is 5.12. The lowest BCUT2D eigenvalue weighted by atomic mass is 9.68. The molecule has 0 radical (unpaired) electrons. The number of fused-ring (bicyclic) bond motifs is 1. The maximum atomic E-state index is 12.9. The third kappa shape index (κ3) is 2.07. The van der Waals surface area contributed by atoms with E-state index in [1.54, 1.807) is 0 Å². The number of alkyl halides is 2. The highest BCUT2D eigenvalue weighted by Crippen LogP contribution is 2.44. The maximum Gasteiger partial charge on any atom is 0.586 e. The van der Waals surface area contributed by atoms with E-state index in [2.05, 4.69) is 14.8 Å². The molecule has 1 amide bonds. The Hall–Kier alpha value is -1.89. The van der Waals surface area contributed by atoms with Crippen LogP contribution in [0.5, 0.6) is 11.5 Å². The zero-order valence-electron chi connectivity index (χ0n) is 10.6. The van der Waals surface area contributed by atoms with Crippen molar-refractivity contribution in [3.63, 3.8) is 0 Å². The molecule has 0 atom stereocenters. The molecule has 0 bridgehead atoms. The van der Waals surface area contributed by atoms with Gasteiger partial charge in [0.2, 0.25) is 5.91 Å². The molecule has 0 aromatic heterocycles. The van der Waals surface area contributed by atoms with Crippen LogP contribution in [0.3, 0.4) is 0 Å². The summed E-state index contributed by atoms with van der Waals surface area (Å²) in [6, 6.07) is 4.14. The molecule has 3 N–H and O–H groups in total. The topological polar surface area (TPSA) is 73.6 Å². The SMILES string of the molecule is NCC1(C(=O)Nc2ccc3c(c2)OC(F)(F)O3)CCC1. The normalized spacial score (nSPS) is 21.1. The molecule has 1 fully saturated rings. The highest BCUT2D eigenvalue weighted by atomic mass is 19.3. The van der Waals surface area contributed by atoms with Crippen molar-refractivity contribution in [3.05, 3.63) is 18.2 Å². The van der Waals surface area contributed by atoms with E-state index in [0.717, 1.165) is 19.3 Å². The van der Waals surface area contributed by atoms with Crippen molar-refractivity contribution in [3.8, 4) is 11.5 Å². The first-order chi connectivity index (χ1) is 9.44. The summed E-state index contributed by atoms with van der Waals surface area (Å²) in [5.41, 5.74) is 5.50. The molecule has 108 valence electrons. The van der Waals surface area contributed by atoms with Gasteiger partial charge in [-0.2, -0.15) is 0 Å². The molecule has 0 saturated heterocycles. The van der Waals surface area contributed by atoms with Crippen molar-refractivity contribution in [1.29, 1.82) is 0 Å². The van der Waals surface area contributed by atoms with E-state index in [1.807, 2.05) is 0 Å². The van der Waals surface area contributed by atoms with Gasteiger partial charge < -0.3 is 20.5 Å². The molecule has 20 heavy (non-hydrogen) atoms. The lowest BCUT2D eigenvalue weighted by Gasteiger charge is -2.39. The number of benzene rings is 1. The van der Waals surface area contributed by atoms with Crippen molar-refractivity contribution < 1.29 is 23.0 Å². The molecule has 1 aromatic carbocycles. The minimum Gasteiger partial charge on any atom is -0.395 e. The highest BCUT2D eigenvalue weighted by Gasteiger charge is 2.44. The van der Waals surface area contributed by atoms with Crippen LogP contribution in [0, 0.1) is 5.41 Å². The van der Waals surface area contributed by atoms with E-state index in [1.165, 1.54) is 18.2 Å². The minimum absolute atomic E-state index is 0.0508. The van der Waals surface area contributed by atoms with Crippen LogP contribution in [-0.4, -0.2) is 18.7 Å². The summed E-state index contributed by atoms with van der Waals surface area (Å²) in [5, 5.41) is 2.69. The van der Waals surface area contributed by atoms with Gasteiger partial charge in [0.15, 0.2) is 11.5 Å². The van der Waals surface area contributed by atoms with Crippen LogP contribution in [0.4, 0.5) is 14.5 Å². The van der Waals surface area contributed by atoms with Gasteiger partial charge in [-0.1, -0.05) is 6.42 Å². The molecule has 3 rings (SSSR count). The summed E-state index contributed by atoms with van der Waals surface area (Å²) >= 11 is 0. The lowest BCUT2D eigenvalue weighted by molar-refractivity contribution is -0.286. The number of halogens is 2. The van der Waals surface area contributed by atoms with Crippen LogP contribution in [0.25, 0.3) is 0 Å². The second-order valence-corrected chi connectivity index (χ2v) is 5.12. The third-order valence-electron chi connectivity index (χ3n) is 3.84. The number of anilines is 1. The van der Waals surface area contributed by atoms with Crippen LogP contribution < -0.4 is 20.5 Å². The molecule has 5 nitrogen and oxygen atoms in total. The van der Waals surface area contributed by atoms with E-state index in [-0.39, 0.29) is 24.0 Å². The standard InChI is InChI=1S/C13H14F2N2O3/c14-13(15)19-9-3-2-8(6-10(9)20-13)17-11(18)12(7-16)4-1-5-12/h2-3,6H,1,4-5,7,16H2,(H,17,18). The molecule has 1 aromatic rings. The van der Waals surface area contributed by atoms with Crippen LogP contribution in [-0.2, 0) is 4.79 Å².